The van der Waals surface area contributed by atoms with E-state index < -0.39 is 5.91 Å². The van der Waals surface area contributed by atoms with Crippen molar-refractivity contribution >= 4 is 22.6 Å². The van der Waals surface area contributed by atoms with Gasteiger partial charge in [-0.25, -0.2) is 4.98 Å². The van der Waals surface area contributed by atoms with Crippen LogP contribution in [0, 0.1) is 5.92 Å². The fourth-order valence-corrected chi connectivity index (χ4v) is 3.51. The Hall–Kier alpha value is -2.22. The Labute approximate surface area is 139 Å². The Balaban J connectivity index is 1.54. The van der Waals surface area contributed by atoms with Gasteiger partial charge in [-0.1, -0.05) is 12.1 Å². The minimum absolute atomic E-state index is 0.207. The van der Waals surface area contributed by atoms with Crippen molar-refractivity contribution in [3.05, 3.63) is 36.5 Å². The van der Waals surface area contributed by atoms with Crippen LogP contribution < -0.4 is 10.6 Å². The van der Waals surface area contributed by atoms with E-state index in [1.807, 2.05) is 40.9 Å². The molecule has 0 bridgehead atoms. The maximum absolute atomic E-state index is 9.34. The van der Waals surface area contributed by atoms with Crippen LogP contribution in [0.2, 0.25) is 0 Å². The summed E-state index contributed by atoms with van der Waals surface area (Å²) in [4.78, 5) is 11.5. The molecule has 4 rings (SSSR count). The van der Waals surface area contributed by atoms with E-state index in [9.17, 15) is 10.2 Å². The molecule has 1 fully saturated rings. The van der Waals surface area contributed by atoms with E-state index in [0.717, 1.165) is 42.8 Å². The van der Waals surface area contributed by atoms with Crippen molar-refractivity contribution in [3.63, 3.8) is 0 Å². The van der Waals surface area contributed by atoms with Crippen molar-refractivity contribution in [3.8, 4) is 0 Å². The molecular formula is C17H21N5O2. The monoisotopic (exact) mass is 327 g/mol. The average Bonchev–Trinajstić information content (AvgIpc) is 2.91. The second-order valence-electron chi connectivity index (χ2n) is 6.57. The number of nitrogens with zero attached hydrogens (tertiary/aromatic N) is 4. The van der Waals surface area contributed by atoms with E-state index in [1.165, 1.54) is 0 Å². The number of hydrogen-bond acceptors (Lipinski definition) is 6. The van der Waals surface area contributed by atoms with Crippen LogP contribution in [0.4, 0.5) is 5.82 Å². The summed E-state index contributed by atoms with van der Waals surface area (Å²) in [6, 6.07) is 9.99. The van der Waals surface area contributed by atoms with Crippen molar-refractivity contribution in [1.29, 1.82) is 0 Å². The molecule has 7 nitrogen and oxygen atoms in total. The maximum Gasteiger partial charge on any atom is 0.236 e. The molecule has 2 aromatic heterocycles. The molecule has 126 valence electrons. The van der Waals surface area contributed by atoms with Crippen molar-refractivity contribution in [2.75, 3.05) is 18.0 Å². The molecule has 4 N–H and O–H groups in total. The molecule has 1 aliphatic heterocycles. The van der Waals surface area contributed by atoms with Gasteiger partial charge >= 0.3 is 0 Å². The third-order valence-corrected chi connectivity index (χ3v) is 4.69. The van der Waals surface area contributed by atoms with Gasteiger partial charge in [0.2, 0.25) is 11.7 Å². The molecule has 3 aromatic rings. The van der Waals surface area contributed by atoms with Gasteiger partial charge in [0, 0.05) is 25.7 Å². The van der Waals surface area contributed by atoms with Gasteiger partial charge in [-0.05, 0) is 37.0 Å². The first-order valence-corrected chi connectivity index (χ1v) is 8.22. The summed E-state index contributed by atoms with van der Waals surface area (Å²) in [7, 11) is 0. The van der Waals surface area contributed by atoms with E-state index in [2.05, 4.69) is 9.88 Å². The zero-order valence-corrected chi connectivity index (χ0v) is 13.3. The minimum Gasteiger partial charge on any atom is -0.356 e. The van der Waals surface area contributed by atoms with Crippen LogP contribution in [0.3, 0.4) is 0 Å². The fourth-order valence-electron chi connectivity index (χ4n) is 3.51. The number of imidazole rings is 1. The van der Waals surface area contributed by atoms with Gasteiger partial charge in [0.25, 0.3) is 0 Å². The van der Waals surface area contributed by atoms with Crippen LogP contribution >= 0.6 is 0 Å². The smallest absolute Gasteiger partial charge is 0.236 e. The molecule has 0 atom stereocenters. The summed E-state index contributed by atoms with van der Waals surface area (Å²) in [6.45, 7) is 1.65. The van der Waals surface area contributed by atoms with Crippen LogP contribution in [0.5, 0.6) is 0 Å². The summed E-state index contributed by atoms with van der Waals surface area (Å²) in [6.07, 6.45) is 3.94. The number of benzene rings is 1. The molecule has 0 amide bonds. The van der Waals surface area contributed by atoms with Gasteiger partial charge in [0.1, 0.15) is 5.82 Å². The van der Waals surface area contributed by atoms with Crippen LogP contribution in [0.1, 0.15) is 19.3 Å². The second kappa shape index (κ2) is 5.70. The van der Waals surface area contributed by atoms with Gasteiger partial charge in [-0.3, -0.25) is 10.1 Å². The molecule has 0 radical (unpaired) electrons. The van der Waals surface area contributed by atoms with Crippen LogP contribution in [-0.2, 0) is 0 Å². The highest BCUT2D eigenvalue weighted by Gasteiger charge is 2.27. The third kappa shape index (κ3) is 2.93. The number of anilines is 1. The van der Waals surface area contributed by atoms with Crippen molar-refractivity contribution in [2.45, 2.75) is 25.2 Å². The lowest BCUT2D eigenvalue weighted by Gasteiger charge is -2.34. The Bertz CT molecular complexity index is 862. The standard InChI is InChI=1S/C17H21N5O2/c18-17(23,24)11-12-5-8-21(9-6-12)15-7-10-22-14-4-2-1-3-13(14)19-16(22)20-15/h1-4,7,10,12,23-24H,5-6,8-9,11,18H2. The summed E-state index contributed by atoms with van der Waals surface area (Å²) in [5, 5.41) is 18.7. The van der Waals surface area contributed by atoms with Crippen LogP contribution in [0.15, 0.2) is 36.5 Å². The predicted molar refractivity (Wildman–Crippen MR) is 91.4 cm³/mol. The molecule has 7 heteroatoms. The van der Waals surface area contributed by atoms with E-state index >= 15 is 0 Å². The number of para-hydroxylation sites is 2. The molecular weight excluding hydrogens is 306 g/mol. The lowest BCUT2D eigenvalue weighted by atomic mass is 9.92. The molecule has 1 saturated heterocycles. The van der Waals surface area contributed by atoms with E-state index in [0.29, 0.717) is 5.78 Å². The van der Waals surface area contributed by atoms with E-state index in [1.54, 1.807) is 0 Å². The highest BCUT2D eigenvalue weighted by Crippen LogP contribution is 2.26. The number of hydrogen-bond donors (Lipinski definition) is 3. The number of nitrogens with two attached hydrogens (primary N) is 1. The summed E-state index contributed by atoms with van der Waals surface area (Å²) in [5.74, 6) is -0.246. The van der Waals surface area contributed by atoms with E-state index in [4.69, 9.17) is 10.7 Å². The Morgan fingerprint density at radius 3 is 2.62 bits per heavy atom. The van der Waals surface area contributed by atoms with E-state index in [-0.39, 0.29) is 12.3 Å². The molecule has 3 heterocycles. The molecule has 1 aliphatic rings. The van der Waals surface area contributed by atoms with Gasteiger partial charge < -0.3 is 15.1 Å². The number of rotatable bonds is 3. The topological polar surface area (TPSA) is 99.9 Å². The number of piperidine rings is 1. The zero-order chi connectivity index (χ0) is 16.7. The van der Waals surface area contributed by atoms with Gasteiger partial charge in [-0.2, -0.15) is 4.98 Å². The quantitative estimate of drug-likeness (QED) is 0.623. The number of fused-ring (bicyclic) bond motifs is 3. The third-order valence-electron chi connectivity index (χ3n) is 4.69. The molecule has 1 aromatic carbocycles. The zero-order valence-electron chi connectivity index (χ0n) is 13.3. The van der Waals surface area contributed by atoms with Crippen LogP contribution in [0.25, 0.3) is 16.8 Å². The predicted octanol–water partition coefficient (Wildman–Crippen LogP) is 1.09. The molecule has 0 aliphatic carbocycles. The Morgan fingerprint density at radius 2 is 1.88 bits per heavy atom. The van der Waals surface area contributed by atoms with Crippen LogP contribution in [-0.4, -0.2) is 43.6 Å². The SMILES string of the molecule is NC(O)(O)CC1CCN(c2ccn3c(n2)nc2ccccc23)CC1. The van der Waals surface area contributed by atoms with Gasteiger partial charge in [-0.15, -0.1) is 0 Å². The molecule has 0 saturated carbocycles. The Morgan fingerprint density at radius 1 is 1.12 bits per heavy atom. The highest BCUT2D eigenvalue weighted by molar-refractivity contribution is 5.79. The van der Waals surface area contributed by atoms with Gasteiger partial charge in [0.15, 0.2) is 0 Å². The summed E-state index contributed by atoms with van der Waals surface area (Å²) >= 11 is 0. The average molecular weight is 327 g/mol. The van der Waals surface area contributed by atoms with Gasteiger partial charge in [0.05, 0.1) is 11.0 Å². The molecule has 0 spiro atoms. The lowest BCUT2D eigenvalue weighted by molar-refractivity contribution is -0.169. The molecule has 24 heavy (non-hydrogen) atoms. The minimum atomic E-state index is -2.07. The van der Waals surface area contributed by atoms with Crippen molar-refractivity contribution in [1.82, 2.24) is 14.4 Å². The second-order valence-corrected chi connectivity index (χ2v) is 6.57. The fraction of sp³-hybridized carbons (Fsp3) is 0.412. The number of aromatic nitrogens is 3. The first kappa shape index (κ1) is 15.3. The maximum atomic E-state index is 9.34. The molecule has 0 unspecified atom stereocenters. The normalized spacial score (nSPS) is 17.0. The lowest BCUT2D eigenvalue weighted by Crippen LogP contribution is -2.44. The summed E-state index contributed by atoms with van der Waals surface area (Å²) < 4.78 is 1.99. The largest absolute Gasteiger partial charge is 0.356 e. The summed E-state index contributed by atoms with van der Waals surface area (Å²) in [5.41, 5.74) is 7.27. The van der Waals surface area contributed by atoms with Crippen molar-refractivity contribution in [2.24, 2.45) is 11.7 Å². The highest BCUT2D eigenvalue weighted by atomic mass is 16.5. The number of aliphatic hydroxyl groups is 2. The first-order valence-electron chi connectivity index (χ1n) is 8.22. The first-order chi connectivity index (χ1) is 11.5. The Kier molecular flexibility index (Phi) is 3.64. The van der Waals surface area contributed by atoms with Crippen molar-refractivity contribution < 1.29 is 10.2 Å².